The highest BCUT2D eigenvalue weighted by Crippen LogP contribution is 2.19. The Balaban J connectivity index is 0.000000231. The molecule has 2 rings (SSSR count). The smallest absolute Gasteiger partial charge is 0.184 e. The van der Waals surface area contributed by atoms with Crippen molar-refractivity contribution in [2.75, 3.05) is 6.61 Å². The van der Waals surface area contributed by atoms with E-state index in [1.165, 1.54) is 6.92 Å². The van der Waals surface area contributed by atoms with Gasteiger partial charge in [0, 0.05) is 0 Å². The highest BCUT2D eigenvalue weighted by molar-refractivity contribution is 4.88. The number of hydrogen-bond acceptors (Lipinski definition) is 11. The van der Waals surface area contributed by atoms with Gasteiger partial charge in [0.1, 0.15) is 42.7 Å². The summed E-state index contributed by atoms with van der Waals surface area (Å²) in [6.45, 7) is 0.977. The zero-order valence-corrected chi connectivity index (χ0v) is 12.3. The van der Waals surface area contributed by atoms with Crippen molar-refractivity contribution >= 4 is 0 Å². The lowest BCUT2D eigenvalue weighted by Gasteiger charge is -2.37. The molecule has 10 atom stereocenters. The predicted molar refractivity (Wildman–Crippen MR) is 70.6 cm³/mol. The maximum absolute atomic E-state index is 9.12. The summed E-state index contributed by atoms with van der Waals surface area (Å²) in [7, 11) is 0. The van der Waals surface area contributed by atoms with Crippen LogP contribution < -0.4 is 0 Å². The maximum atomic E-state index is 9.12. The third kappa shape index (κ3) is 4.78. The van der Waals surface area contributed by atoms with E-state index < -0.39 is 68.0 Å². The van der Waals surface area contributed by atoms with Gasteiger partial charge in [0.15, 0.2) is 12.6 Å². The van der Waals surface area contributed by atoms with Crippen LogP contribution in [0.4, 0.5) is 0 Å². The molecule has 0 aromatic carbocycles. The van der Waals surface area contributed by atoms with Crippen molar-refractivity contribution in [1.82, 2.24) is 0 Å². The average Bonchev–Trinajstić information content (AvgIpc) is 2.53. The normalized spacial score (nSPS) is 50.9. The van der Waals surface area contributed by atoms with Crippen LogP contribution in [0.5, 0.6) is 0 Å². The van der Waals surface area contributed by atoms with Crippen molar-refractivity contribution in [2.45, 2.75) is 68.3 Å². The summed E-state index contributed by atoms with van der Waals surface area (Å²) in [5.41, 5.74) is 0. The largest absolute Gasteiger partial charge is 0.394 e. The fourth-order valence-corrected chi connectivity index (χ4v) is 2.11. The second kappa shape index (κ2) is 8.60. The van der Waals surface area contributed by atoms with Crippen LogP contribution in [0.1, 0.15) is 6.92 Å². The number of aliphatic hydroxyl groups is 9. The first-order valence-corrected chi connectivity index (χ1v) is 6.98. The van der Waals surface area contributed by atoms with Gasteiger partial charge in [-0.05, 0) is 6.92 Å². The molecular formula is C12H24O11. The van der Waals surface area contributed by atoms with Crippen LogP contribution in [0.15, 0.2) is 0 Å². The van der Waals surface area contributed by atoms with Crippen molar-refractivity contribution < 1.29 is 55.4 Å². The minimum Gasteiger partial charge on any atom is -0.394 e. The maximum Gasteiger partial charge on any atom is 0.184 e. The summed E-state index contributed by atoms with van der Waals surface area (Å²) in [5.74, 6) is 0. The number of aliphatic hydroxyl groups excluding tert-OH is 9. The Bertz CT molecular complexity index is 337. The first kappa shape index (κ1) is 20.6. The minimum absolute atomic E-state index is 0.526. The Hall–Kier alpha value is -0.440. The fraction of sp³-hybridized carbons (Fsp3) is 1.00. The first-order chi connectivity index (χ1) is 10.6. The van der Waals surface area contributed by atoms with Crippen molar-refractivity contribution in [2.24, 2.45) is 0 Å². The summed E-state index contributed by atoms with van der Waals surface area (Å²) in [6, 6.07) is 0. The standard InChI is InChI=1S/C6H12O6.C6H12O5/c7-1-2-3(8)4(9)5(10)6(11)12-2;1-2-3(7)4(8)5(9)6(10)11-2/h2-11H,1H2;2-10H,1H3/t2-,3-,4+,5-,6?;2-,3+,4+,5-,6?/m10/s1. The molecule has 11 heteroatoms. The van der Waals surface area contributed by atoms with Gasteiger partial charge < -0.3 is 55.4 Å². The van der Waals surface area contributed by atoms with Gasteiger partial charge in [-0.25, -0.2) is 0 Å². The average molecular weight is 344 g/mol. The van der Waals surface area contributed by atoms with Crippen LogP contribution in [0, 0.1) is 0 Å². The van der Waals surface area contributed by atoms with Crippen LogP contribution in [-0.4, -0.2) is 114 Å². The Morgan fingerprint density at radius 3 is 1.52 bits per heavy atom. The van der Waals surface area contributed by atoms with E-state index >= 15 is 0 Å². The minimum atomic E-state index is -1.57. The molecule has 2 heterocycles. The van der Waals surface area contributed by atoms with E-state index in [1.54, 1.807) is 0 Å². The lowest BCUT2D eigenvalue weighted by atomic mass is 10.00. The van der Waals surface area contributed by atoms with Gasteiger partial charge in [0.05, 0.1) is 12.7 Å². The molecular weight excluding hydrogens is 320 g/mol. The Morgan fingerprint density at radius 1 is 0.609 bits per heavy atom. The van der Waals surface area contributed by atoms with Crippen molar-refractivity contribution in [3.8, 4) is 0 Å². The summed E-state index contributed by atoms with van der Waals surface area (Å²) >= 11 is 0. The molecule has 0 bridgehead atoms. The molecule has 2 saturated heterocycles. The van der Waals surface area contributed by atoms with Gasteiger partial charge in [-0.2, -0.15) is 0 Å². The van der Waals surface area contributed by atoms with Gasteiger partial charge in [-0.15, -0.1) is 0 Å². The van der Waals surface area contributed by atoms with Crippen LogP contribution in [0.25, 0.3) is 0 Å². The molecule has 23 heavy (non-hydrogen) atoms. The monoisotopic (exact) mass is 344 g/mol. The molecule has 0 aromatic rings. The Morgan fingerprint density at radius 2 is 1.04 bits per heavy atom. The summed E-state index contributed by atoms with van der Waals surface area (Å²) in [6.07, 6.45) is -13.0. The first-order valence-electron chi connectivity index (χ1n) is 6.98. The Labute approximate surface area is 131 Å². The number of hydrogen-bond donors (Lipinski definition) is 9. The van der Waals surface area contributed by atoms with E-state index in [9.17, 15) is 0 Å². The molecule has 9 N–H and O–H groups in total. The number of rotatable bonds is 1. The van der Waals surface area contributed by atoms with E-state index in [2.05, 4.69) is 9.47 Å². The van der Waals surface area contributed by atoms with Crippen molar-refractivity contribution in [3.05, 3.63) is 0 Å². The van der Waals surface area contributed by atoms with E-state index in [0.29, 0.717) is 0 Å². The van der Waals surface area contributed by atoms with Crippen LogP contribution >= 0.6 is 0 Å². The Kier molecular flexibility index (Phi) is 7.70. The van der Waals surface area contributed by atoms with Crippen LogP contribution in [-0.2, 0) is 9.47 Å². The molecule has 2 unspecified atom stereocenters. The number of ether oxygens (including phenoxy) is 2. The van der Waals surface area contributed by atoms with E-state index in [-0.39, 0.29) is 0 Å². The molecule has 0 aromatic heterocycles. The zero-order chi connectivity index (χ0) is 17.9. The molecule has 138 valence electrons. The molecule has 2 fully saturated rings. The summed E-state index contributed by atoms with van der Waals surface area (Å²) in [4.78, 5) is 0. The van der Waals surface area contributed by atoms with Gasteiger partial charge in [0.25, 0.3) is 0 Å². The van der Waals surface area contributed by atoms with E-state index in [0.717, 1.165) is 0 Å². The predicted octanol–water partition coefficient (Wildman–Crippen LogP) is -5.42. The highest BCUT2D eigenvalue weighted by atomic mass is 16.6. The summed E-state index contributed by atoms with van der Waals surface area (Å²) in [5, 5.41) is 80.6. The topological polar surface area (TPSA) is 201 Å². The van der Waals surface area contributed by atoms with Gasteiger partial charge in [-0.1, -0.05) is 0 Å². The van der Waals surface area contributed by atoms with Gasteiger partial charge >= 0.3 is 0 Å². The molecule has 2 aliphatic heterocycles. The van der Waals surface area contributed by atoms with Crippen LogP contribution in [0.2, 0.25) is 0 Å². The fourth-order valence-electron chi connectivity index (χ4n) is 2.11. The molecule has 0 radical (unpaired) electrons. The summed E-state index contributed by atoms with van der Waals surface area (Å²) < 4.78 is 9.25. The zero-order valence-electron chi connectivity index (χ0n) is 12.3. The van der Waals surface area contributed by atoms with E-state index in [1.807, 2.05) is 0 Å². The highest BCUT2D eigenvalue weighted by Gasteiger charge is 2.42. The van der Waals surface area contributed by atoms with Gasteiger partial charge in [0.2, 0.25) is 0 Å². The second-order valence-electron chi connectivity index (χ2n) is 5.42. The van der Waals surface area contributed by atoms with E-state index in [4.69, 9.17) is 46.0 Å². The second-order valence-corrected chi connectivity index (χ2v) is 5.42. The third-order valence-corrected chi connectivity index (χ3v) is 3.69. The molecule has 0 amide bonds. The molecule has 0 saturated carbocycles. The van der Waals surface area contributed by atoms with Crippen LogP contribution in [0.3, 0.4) is 0 Å². The van der Waals surface area contributed by atoms with Crippen molar-refractivity contribution in [1.29, 1.82) is 0 Å². The lowest BCUT2D eigenvalue weighted by molar-refractivity contribution is -0.286. The molecule has 0 spiro atoms. The SMILES string of the molecule is C[C@@H]1OC(O)[C@@H](O)[C@H](O)[C@@H]1O.OC[C@H]1OC(O)[C@H](O)[C@@H](O)[C@@H]1O. The molecule has 0 aliphatic carbocycles. The lowest BCUT2D eigenvalue weighted by Crippen LogP contribution is -2.58. The molecule has 2 aliphatic rings. The third-order valence-electron chi connectivity index (χ3n) is 3.69. The quantitative estimate of drug-likeness (QED) is 0.220. The molecule has 11 nitrogen and oxygen atoms in total. The van der Waals surface area contributed by atoms with Crippen molar-refractivity contribution in [3.63, 3.8) is 0 Å². The van der Waals surface area contributed by atoms with Gasteiger partial charge in [-0.3, -0.25) is 0 Å².